The number of halogens is 1. The summed E-state index contributed by atoms with van der Waals surface area (Å²) in [5.74, 6) is 0. The molecule has 0 bridgehead atoms. The fraction of sp³-hybridized carbons (Fsp3) is 0. The third-order valence-corrected chi connectivity index (χ3v) is 5.09. The molecule has 0 amide bonds. The van der Waals surface area contributed by atoms with Crippen LogP contribution in [-0.2, 0) is 9.84 Å². The van der Waals surface area contributed by atoms with Gasteiger partial charge in [-0.15, -0.1) is 0 Å². The first kappa shape index (κ1) is 16.2. The van der Waals surface area contributed by atoms with Crippen molar-refractivity contribution >= 4 is 31.8 Å². The molecule has 0 aromatic heterocycles. The van der Waals surface area contributed by atoms with Crippen molar-refractivity contribution in [3.05, 3.63) is 81.7 Å². The largest absolute Gasteiger partial charge is 0.218 e. The van der Waals surface area contributed by atoms with Gasteiger partial charge in [0, 0.05) is 4.47 Å². The monoisotopic (exact) mass is 373 g/mol. The molecule has 2 rings (SSSR count). The van der Waals surface area contributed by atoms with Crippen molar-refractivity contribution < 1.29 is 8.42 Å². The summed E-state index contributed by atoms with van der Waals surface area (Å²) in [7, 11) is -3.79. The fourth-order valence-electron chi connectivity index (χ4n) is 1.74. The van der Waals surface area contributed by atoms with E-state index in [0.29, 0.717) is 0 Å². The normalized spacial score (nSPS) is 12.3. The van der Waals surface area contributed by atoms with Crippen molar-refractivity contribution in [1.29, 1.82) is 5.26 Å². The number of hydrogen-bond donors (Lipinski definition) is 0. The molecule has 0 saturated carbocycles. The first-order chi connectivity index (χ1) is 10.5. The van der Waals surface area contributed by atoms with Crippen LogP contribution in [0.25, 0.3) is 6.08 Å². The van der Waals surface area contributed by atoms with Gasteiger partial charge < -0.3 is 0 Å². The van der Waals surface area contributed by atoms with Crippen LogP contribution in [0.3, 0.4) is 0 Å². The van der Waals surface area contributed by atoms with Gasteiger partial charge in [-0.3, -0.25) is 0 Å². The summed E-state index contributed by atoms with van der Waals surface area (Å²) in [6, 6.07) is 17.4. The molecule has 0 N–H and O–H groups in total. The lowest BCUT2D eigenvalue weighted by molar-refractivity contribution is 0.603. The first-order valence-electron chi connectivity index (χ1n) is 6.38. The Bertz CT molecular complexity index is 846. The van der Waals surface area contributed by atoms with Crippen molar-refractivity contribution in [1.82, 2.24) is 0 Å². The quantitative estimate of drug-likeness (QED) is 0.591. The Hall–Kier alpha value is -2.16. The van der Waals surface area contributed by atoms with E-state index in [-0.39, 0.29) is 9.80 Å². The standard InChI is InChI=1S/C17H12BrNO2S/c18-15-9-11-16(12-10-15)22(20,21)17(13-19)8-4-7-14-5-2-1-3-6-14/h1-12H. The van der Waals surface area contributed by atoms with E-state index < -0.39 is 9.84 Å². The lowest BCUT2D eigenvalue weighted by atomic mass is 10.2. The zero-order chi connectivity index (χ0) is 16.0. The Balaban J connectivity index is 2.31. The van der Waals surface area contributed by atoms with Gasteiger partial charge >= 0.3 is 0 Å². The molecule has 0 spiro atoms. The summed E-state index contributed by atoms with van der Waals surface area (Å²) >= 11 is 3.25. The van der Waals surface area contributed by atoms with Crippen LogP contribution in [0.5, 0.6) is 0 Å². The number of nitrogens with zero attached hydrogens (tertiary/aromatic N) is 1. The number of hydrogen-bond acceptors (Lipinski definition) is 3. The summed E-state index contributed by atoms with van der Waals surface area (Å²) in [5, 5.41) is 9.13. The van der Waals surface area contributed by atoms with Crippen molar-refractivity contribution in [3.63, 3.8) is 0 Å². The summed E-state index contributed by atoms with van der Waals surface area (Å²) in [6.07, 6.45) is 4.61. The fourth-order valence-corrected chi connectivity index (χ4v) is 3.13. The van der Waals surface area contributed by atoms with Gasteiger partial charge in [-0.1, -0.05) is 58.4 Å². The smallest absolute Gasteiger partial charge is 0.216 e. The Labute approximate surface area is 138 Å². The highest BCUT2D eigenvalue weighted by molar-refractivity contribution is 9.10. The topological polar surface area (TPSA) is 57.9 Å². The SMILES string of the molecule is N#CC(=CC=Cc1ccccc1)S(=O)(=O)c1ccc(Br)cc1. The van der Waals surface area contributed by atoms with Gasteiger partial charge in [0.2, 0.25) is 9.84 Å². The van der Waals surface area contributed by atoms with Gasteiger partial charge in [0.15, 0.2) is 0 Å². The lowest BCUT2D eigenvalue weighted by Gasteiger charge is -2.02. The average molecular weight is 374 g/mol. The van der Waals surface area contributed by atoms with Gasteiger partial charge in [0.1, 0.15) is 11.0 Å². The van der Waals surface area contributed by atoms with E-state index in [1.165, 1.54) is 18.2 Å². The van der Waals surface area contributed by atoms with Gasteiger partial charge in [0.25, 0.3) is 0 Å². The third-order valence-electron chi connectivity index (χ3n) is 2.86. The highest BCUT2D eigenvalue weighted by Gasteiger charge is 2.19. The Morgan fingerprint density at radius 3 is 2.27 bits per heavy atom. The number of rotatable bonds is 4. The molecule has 0 aliphatic carbocycles. The first-order valence-corrected chi connectivity index (χ1v) is 8.66. The van der Waals surface area contributed by atoms with Crippen LogP contribution in [0.1, 0.15) is 5.56 Å². The van der Waals surface area contributed by atoms with E-state index in [1.54, 1.807) is 30.4 Å². The number of sulfone groups is 1. The zero-order valence-electron chi connectivity index (χ0n) is 11.5. The minimum atomic E-state index is -3.79. The minimum absolute atomic E-state index is 0.0941. The molecule has 0 aliphatic heterocycles. The van der Waals surface area contributed by atoms with E-state index in [9.17, 15) is 8.42 Å². The van der Waals surface area contributed by atoms with E-state index >= 15 is 0 Å². The second-order valence-electron chi connectivity index (χ2n) is 4.37. The highest BCUT2D eigenvalue weighted by Crippen LogP contribution is 2.21. The van der Waals surface area contributed by atoms with E-state index in [4.69, 9.17) is 5.26 Å². The van der Waals surface area contributed by atoms with Crippen LogP contribution in [0.2, 0.25) is 0 Å². The van der Waals surface area contributed by atoms with E-state index in [0.717, 1.165) is 10.0 Å². The molecule has 2 aromatic rings. The molecule has 0 fully saturated rings. The van der Waals surface area contributed by atoms with Crippen LogP contribution >= 0.6 is 15.9 Å². The van der Waals surface area contributed by atoms with Crippen LogP contribution in [0, 0.1) is 11.3 Å². The summed E-state index contributed by atoms with van der Waals surface area (Å²) in [4.78, 5) is -0.196. The predicted molar refractivity (Wildman–Crippen MR) is 90.5 cm³/mol. The number of benzene rings is 2. The summed E-state index contributed by atoms with van der Waals surface area (Å²) in [5.41, 5.74) is 0.928. The molecule has 22 heavy (non-hydrogen) atoms. The second-order valence-corrected chi connectivity index (χ2v) is 7.20. The summed E-state index contributed by atoms with van der Waals surface area (Å²) in [6.45, 7) is 0. The van der Waals surface area contributed by atoms with Crippen LogP contribution < -0.4 is 0 Å². The minimum Gasteiger partial charge on any atom is -0.218 e. The zero-order valence-corrected chi connectivity index (χ0v) is 13.9. The number of nitriles is 1. The van der Waals surface area contributed by atoms with Gasteiger partial charge in [-0.2, -0.15) is 5.26 Å². The average Bonchev–Trinajstić information content (AvgIpc) is 2.53. The van der Waals surface area contributed by atoms with Crippen LogP contribution in [0.15, 0.2) is 81.0 Å². The van der Waals surface area contributed by atoms with Crippen molar-refractivity contribution in [2.45, 2.75) is 4.90 Å². The molecule has 3 nitrogen and oxygen atoms in total. The Kier molecular flexibility index (Phi) is 5.31. The molecule has 0 saturated heterocycles. The molecule has 5 heteroatoms. The predicted octanol–water partition coefficient (Wildman–Crippen LogP) is 4.34. The molecule has 0 heterocycles. The van der Waals surface area contributed by atoms with Crippen molar-refractivity contribution in [2.24, 2.45) is 0 Å². The maximum atomic E-state index is 12.4. The van der Waals surface area contributed by atoms with E-state index in [1.807, 2.05) is 30.3 Å². The molecular weight excluding hydrogens is 362 g/mol. The van der Waals surface area contributed by atoms with Crippen LogP contribution in [-0.4, -0.2) is 8.42 Å². The van der Waals surface area contributed by atoms with Crippen molar-refractivity contribution in [2.75, 3.05) is 0 Å². The molecule has 0 radical (unpaired) electrons. The molecular formula is C17H12BrNO2S. The highest BCUT2D eigenvalue weighted by atomic mass is 79.9. The van der Waals surface area contributed by atoms with Crippen LogP contribution in [0.4, 0.5) is 0 Å². The van der Waals surface area contributed by atoms with Gasteiger partial charge in [-0.05, 0) is 35.9 Å². The number of allylic oxidation sites excluding steroid dienone is 3. The van der Waals surface area contributed by atoms with Gasteiger partial charge in [-0.25, -0.2) is 8.42 Å². The molecule has 2 aromatic carbocycles. The molecule has 0 atom stereocenters. The molecule has 0 unspecified atom stereocenters. The lowest BCUT2D eigenvalue weighted by Crippen LogP contribution is -2.03. The molecule has 0 aliphatic rings. The Morgan fingerprint density at radius 2 is 1.68 bits per heavy atom. The maximum absolute atomic E-state index is 12.4. The van der Waals surface area contributed by atoms with Crippen molar-refractivity contribution in [3.8, 4) is 6.07 Å². The molecule has 110 valence electrons. The third kappa shape index (κ3) is 3.94. The second kappa shape index (κ2) is 7.21. The van der Waals surface area contributed by atoms with E-state index in [2.05, 4.69) is 15.9 Å². The summed E-state index contributed by atoms with van der Waals surface area (Å²) < 4.78 is 25.5. The Morgan fingerprint density at radius 1 is 1.05 bits per heavy atom. The maximum Gasteiger partial charge on any atom is 0.216 e. The van der Waals surface area contributed by atoms with Gasteiger partial charge in [0.05, 0.1) is 4.90 Å².